The fourth-order valence-electron chi connectivity index (χ4n) is 1.71. The van der Waals surface area contributed by atoms with Gasteiger partial charge in [-0.2, -0.15) is 0 Å². The summed E-state index contributed by atoms with van der Waals surface area (Å²) in [5.74, 6) is 1.61. The number of H-pyrrole nitrogens is 1. The van der Waals surface area contributed by atoms with E-state index >= 15 is 0 Å². The molecule has 1 aliphatic rings. The molecule has 80 valence electrons. The van der Waals surface area contributed by atoms with Crippen molar-refractivity contribution in [2.24, 2.45) is 0 Å². The molecule has 4 heteroatoms. The van der Waals surface area contributed by atoms with Crippen molar-refractivity contribution in [3.8, 4) is 11.3 Å². The Hall–Kier alpha value is -1.55. The molecule has 0 atom stereocenters. The first kappa shape index (κ1) is 9.66. The lowest BCUT2D eigenvalue weighted by Crippen LogP contribution is -1.95. The van der Waals surface area contributed by atoms with Crippen LogP contribution in [0.5, 0.6) is 0 Å². The summed E-state index contributed by atoms with van der Waals surface area (Å²) in [6.45, 7) is 0. The van der Waals surface area contributed by atoms with Gasteiger partial charge in [0.25, 0.3) is 0 Å². The molecule has 1 saturated carbocycles. The van der Waals surface area contributed by atoms with Gasteiger partial charge in [-0.25, -0.2) is 4.98 Å². The molecule has 1 N–H and O–H groups in total. The minimum Gasteiger partial charge on any atom is -0.343 e. The van der Waals surface area contributed by atoms with Crippen molar-refractivity contribution < 1.29 is 0 Å². The second kappa shape index (κ2) is 3.79. The molecule has 1 aliphatic carbocycles. The molecule has 3 nitrogen and oxygen atoms in total. The van der Waals surface area contributed by atoms with Crippen LogP contribution in [0.25, 0.3) is 11.3 Å². The third-order valence-electron chi connectivity index (χ3n) is 2.72. The molecule has 0 radical (unpaired) electrons. The van der Waals surface area contributed by atoms with Gasteiger partial charge in [0, 0.05) is 29.6 Å². The monoisotopic (exact) mass is 229 g/mol. The van der Waals surface area contributed by atoms with E-state index in [0.717, 1.165) is 17.1 Å². The normalized spacial score (nSPS) is 15.0. The van der Waals surface area contributed by atoms with Gasteiger partial charge in [0.1, 0.15) is 10.5 Å². The van der Waals surface area contributed by atoms with Crippen LogP contribution in [0.3, 0.4) is 0 Å². The van der Waals surface area contributed by atoms with Crippen LogP contribution in [-0.4, -0.2) is 15.0 Å². The van der Waals surface area contributed by atoms with E-state index in [-0.39, 0.29) is 0 Å². The smallest absolute Gasteiger partial charge is 0.130 e. The van der Waals surface area contributed by atoms with Crippen LogP contribution in [0.4, 0.5) is 0 Å². The van der Waals surface area contributed by atoms with E-state index in [1.54, 1.807) is 12.4 Å². The second-order valence-electron chi connectivity index (χ2n) is 4.03. The van der Waals surface area contributed by atoms with Crippen LogP contribution in [-0.2, 0) is 0 Å². The molecular weight excluding hydrogens is 218 g/mol. The van der Waals surface area contributed by atoms with Gasteiger partial charge in [-0.1, -0.05) is 12.2 Å². The largest absolute Gasteiger partial charge is 0.343 e. The van der Waals surface area contributed by atoms with E-state index in [1.807, 2.05) is 18.2 Å². The highest BCUT2D eigenvalue weighted by molar-refractivity contribution is 7.71. The van der Waals surface area contributed by atoms with Crippen LogP contribution < -0.4 is 0 Å². The van der Waals surface area contributed by atoms with E-state index in [0.29, 0.717) is 10.6 Å². The van der Waals surface area contributed by atoms with E-state index in [9.17, 15) is 0 Å². The Labute approximate surface area is 98.6 Å². The van der Waals surface area contributed by atoms with Crippen LogP contribution in [0.1, 0.15) is 24.6 Å². The van der Waals surface area contributed by atoms with Crippen molar-refractivity contribution in [1.29, 1.82) is 0 Å². The van der Waals surface area contributed by atoms with Gasteiger partial charge in [-0.15, -0.1) is 0 Å². The Morgan fingerprint density at radius 1 is 1.25 bits per heavy atom. The summed E-state index contributed by atoms with van der Waals surface area (Å²) in [5, 5.41) is 0. The third kappa shape index (κ3) is 1.88. The molecule has 1 fully saturated rings. The van der Waals surface area contributed by atoms with Crippen molar-refractivity contribution >= 4 is 12.2 Å². The van der Waals surface area contributed by atoms with Crippen molar-refractivity contribution in [3.63, 3.8) is 0 Å². The Morgan fingerprint density at radius 2 is 2.00 bits per heavy atom. The lowest BCUT2D eigenvalue weighted by atomic mass is 10.2. The summed E-state index contributed by atoms with van der Waals surface area (Å²) in [4.78, 5) is 11.7. The van der Waals surface area contributed by atoms with Crippen molar-refractivity contribution in [2.75, 3.05) is 0 Å². The number of nitrogens with zero attached hydrogens (tertiary/aromatic N) is 2. The van der Waals surface area contributed by atoms with Crippen LogP contribution in [0.2, 0.25) is 0 Å². The quantitative estimate of drug-likeness (QED) is 0.805. The zero-order valence-corrected chi connectivity index (χ0v) is 9.50. The summed E-state index contributed by atoms with van der Waals surface area (Å²) >= 11 is 5.19. The highest BCUT2D eigenvalue weighted by Crippen LogP contribution is 2.38. The molecule has 0 aromatic carbocycles. The molecule has 0 bridgehead atoms. The number of pyridine rings is 1. The maximum atomic E-state index is 5.19. The van der Waals surface area contributed by atoms with E-state index < -0.39 is 0 Å². The highest BCUT2D eigenvalue weighted by atomic mass is 32.1. The van der Waals surface area contributed by atoms with Crippen LogP contribution in [0.15, 0.2) is 30.6 Å². The second-order valence-corrected chi connectivity index (χ2v) is 4.45. The van der Waals surface area contributed by atoms with Crippen LogP contribution >= 0.6 is 12.2 Å². The summed E-state index contributed by atoms with van der Waals surface area (Å²) < 4.78 is 0.660. The third-order valence-corrected chi connectivity index (χ3v) is 2.93. The molecule has 0 aliphatic heterocycles. The summed E-state index contributed by atoms with van der Waals surface area (Å²) in [5.41, 5.74) is 2.13. The number of aromatic amines is 1. The first-order chi connectivity index (χ1) is 7.83. The van der Waals surface area contributed by atoms with Gasteiger partial charge < -0.3 is 4.98 Å². The Bertz CT molecular complexity index is 558. The van der Waals surface area contributed by atoms with Gasteiger partial charge in [0.15, 0.2) is 0 Å². The summed E-state index contributed by atoms with van der Waals surface area (Å²) in [7, 11) is 0. The number of nitrogens with one attached hydrogen (secondary N) is 1. The molecule has 0 spiro atoms. The first-order valence-electron chi connectivity index (χ1n) is 5.34. The zero-order valence-electron chi connectivity index (χ0n) is 8.68. The maximum absolute atomic E-state index is 5.19. The van der Waals surface area contributed by atoms with Crippen LogP contribution in [0, 0.1) is 4.64 Å². The standard InChI is InChI=1S/C12H11N3S/c16-11-7-10(8-3-5-13-6-4-8)14-12(15-11)9-1-2-9/h3-7,9H,1-2H2,(H,14,15,16). The molecule has 0 unspecified atom stereocenters. The molecule has 3 rings (SSSR count). The predicted molar refractivity (Wildman–Crippen MR) is 64.6 cm³/mol. The fraction of sp³-hybridized carbons (Fsp3) is 0.250. The Morgan fingerprint density at radius 3 is 2.69 bits per heavy atom. The Kier molecular flexibility index (Phi) is 2.29. The Balaban J connectivity index is 2.10. The minimum atomic E-state index is 0.587. The molecule has 0 saturated heterocycles. The number of hydrogen-bond acceptors (Lipinski definition) is 3. The van der Waals surface area contributed by atoms with Gasteiger partial charge in [-0.3, -0.25) is 4.98 Å². The fourth-order valence-corrected chi connectivity index (χ4v) is 1.93. The van der Waals surface area contributed by atoms with Gasteiger partial charge >= 0.3 is 0 Å². The first-order valence-corrected chi connectivity index (χ1v) is 5.75. The van der Waals surface area contributed by atoms with Crippen molar-refractivity contribution in [1.82, 2.24) is 15.0 Å². The SMILES string of the molecule is S=c1cc(-c2ccncc2)[nH]c(C2CC2)n1. The topological polar surface area (TPSA) is 41.6 Å². The predicted octanol–water partition coefficient (Wildman–Crippen LogP) is 3.08. The molecular formula is C12H11N3S. The molecule has 16 heavy (non-hydrogen) atoms. The summed E-state index contributed by atoms with van der Waals surface area (Å²) in [6.07, 6.45) is 6.00. The summed E-state index contributed by atoms with van der Waals surface area (Å²) in [6, 6.07) is 5.84. The van der Waals surface area contributed by atoms with E-state index in [1.165, 1.54) is 12.8 Å². The minimum absolute atomic E-state index is 0.587. The number of aromatic nitrogens is 3. The maximum Gasteiger partial charge on any atom is 0.130 e. The number of hydrogen-bond donors (Lipinski definition) is 1. The average Bonchev–Trinajstić information content (AvgIpc) is 3.13. The van der Waals surface area contributed by atoms with Crippen molar-refractivity contribution in [2.45, 2.75) is 18.8 Å². The van der Waals surface area contributed by atoms with Gasteiger partial charge in [0.2, 0.25) is 0 Å². The lowest BCUT2D eigenvalue weighted by Gasteiger charge is -2.04. The molecule has 0 amide bonds. The zero-order chi connectivity index (χ0) is 11.0. The van der Waals surface area contributed by atoms with Crippen molar-refractivity contribution in [3.05, 3.63) is 41.1 Å². The van der Waals surface area contributed by atoms with Gasteiger partial charge in [0.05, 0.1) is 0 Å². The highest BCUT2D eigenvalue weighted by Gasteiger charge is 2.26. The van der Waals surface area contributed by atoms with Gasteiger partial charge in [-0.05, 0) is 31.0 Å². The lowest BCUT2D eigenvalue weighted by molar-refractivity contribution is 0.924. The molecule has 2 aromatic heterocycles. The molecule has 2 heterocycles. The number of rotatable bonds is 2. The van der Waals surface area contributed by atoms with E-state index in [2.05, 4.69) is 15.0 Å². The van der Waals surface area contributed by atoms with E-state index in [4.69, 9.17) is 12.2 Å². The average molecular weight is 229 g/mol. The molecule has 2 aromatic rings.